The zero-order chi connectivity index (χ0) is 43.0. The molecule has 26 atom stereocenters. The van der Waals surface area contributed by atoms with Crippen LogP contribution in [0.25, 0.3) is 0 Å². The zero-order valence-corrected chi connectivity index (χ0v) is 35.7. The lowest BCUT2D eigenvalue weighted by molar-refractivity contribution is -0.456. The van der Waals surface area contributed by atoms with Gasteiger partial charge in [-0.05, 0) is 99.2 Å². The first kappa shape index (κ1) is 44.3. The largest absolute Gasteiger partial charge is 0.393 e. The smallest absolute Gasteiger partial charge is 0.204 e. The van der Waals surface area contributed by atoms with Crippen molar-refractivity contribution in [3.05, 3.63) is 11.6 Å². The second kappa shape index (κ2) is 15.6. The molecule has 4 aliphatic carbocycles. The van der Waals surface area contributed by atoms with Crippen LogP contribution in [0.2, 0.25) is 0 Å². The fraction of sp³-hybridized carbons (Fsp3) is 0.955. The second-order valence-corrected chi connectivity index (χ2v) is 20.9. The van der Waals surface area contributed by atoms with Crippen LogP contribution in [0.3, 0.4) is 0 Å². The number of fused-ring (bicyclic) bond motifs is 7. The van der Waals surface area contributed by atoms with Crippen LogP contribution in [0.15, 0.2) is 11.6 Å². The normalized spacial score (nSPS) is 60.4. The number of aliphatic hydroxyl groups is 9. The Hall–Kier alpha value is -0.900. The molecule has 16 heteroatoms. The molecule has 16 nitrogen and oxygen atoms in total. The Kier molecular flexibility index (Phi) is 11.5. The van der Waals surface area contributed by atoms with Gasteiger partial charge in [-0.1, -0.05) is 39.3 Å². The van der Waals surface area contributed by atoms with Crippen molar-refractivity contribution in [1.82, 2.24) is 0 Å². The van der Waals surface area contributed by atoms with E-state index in [2.05, 4.69) is 33.8 Å². The molecule has 3 saturated carbocycles. The summed E-state index contributed by atoms with van der Waals surface area (Å²) in [7, 11) is 0. The lowest BCUT2D eigenvalue weighted by Crippen LogP contribution is -2.75. The van der Waals surface area contributed by atoms with Gasteiger partial charge < -0.3 is 79.1 Å². The quantitative estimate of drug-likeness (QED) is 0.170. The van der Waals surface area contributed by atoms with Crippen molar-refractivity contribution in [3.63, 3.8) is 0 Å². The Labute approximate surface area is 352 Å². The van der Waals surface area contributed by atoms with Gasteiger partial charge in [0, 0.05) is 18.3 Å². The summed E-state index contributed by atoms with van der Waals surface area (Å²) in [6.45, 7) is 12.5. The molecule has 9 aliphatic rings. The molecule has 8 fully saturated rings. The fourth-order valence-corrected chi connectivity index (χ4v) is 14.4. The van der Waals surface area contributed by atoms with Crippen LogP contribution in [0.4, 0.5) is 0 Å². The van der Waals surface area contributed by atoms with Gasteiger partial charge >= 0.3 is 0 Å². The standard InChI is InChI=1S/C44H70O16/c1-18-9-12-43(55-16-18)19(2)30-28(59-43)15-26-24-8-7-22-13-23(45)14-29(42(22,6)25(24)10-11-41(26,30)5)44(60-39-36(52)33(49)27(46)17-54-39)38(35(51)32(48)21(4)58-44)57-40-37(53)34(50)31(47)20(3)56-40/h7,18-21,23-40,45-53H,8-17H2,1-6H3/t18-,19+,20+,21-,23?,24?,25?,26?,27-,28+,29?,30+,31+,32+,33+,34-,35-,36-,37-,38-,39+,40+,41+,42+,43?,44+/m1/s1. The van der Waals surface area contributed by atoms with Crippen molar-refractivity contribution in [3.8, 4) is 0 Å². The summed E-state index contributed by atoms with van der Waals surface area (Å²) in [6.07, 6.45) is -13.2. The van der Waals surface area contributed by atoms with Gasteiger partial charge in [-0.2, -0.15) is 0 Å². The van der Waals surface area contributed by atoms with Crippen molar-refractivity contribution in [2.24, 2.45) is 52.3 Å². The van der Waals surface area contributed by atoms with Gasteiger partial charge in [-0.15, -0.1) is 0 Å². The van der Waals surface area contributed by atoms with E-state index in [-0.39, 0.29) is 35.7 Å². The summed E-state index contributed by atoms with van der Waals surface area (Å²) >= 11 is 0. The van der Waals surface area contributed by atoms with Gasteiger partial charge in [0.05, 0.1) is 37.6 Å². The van der Waals surface area contributed by atoms with Crippen LogP contribution in [0.5, 0.6) is 0 Å². The van der Waals surface area contributed by atoms with Crippen LogP contribution in [-0.4, -0.2) is 163 Å². The van der Waals surface area contributed by atoms with Gasteiger partial charge in [-0.3, -0.25) is 0 Å². The molecule has 0 aromatic heterocycles. The number of hydrogen-bond donors (Lipinski definition) is 9. The van der Waals surface area contributed by atoms with E-state index in [1.807, 2.05) is 0 Å². The first-order valence-corrected chi connectivity index (χ1v) is 22.7. The number of hydrogen-bond acceptors (Lipinski definition) is 16. The minimum absolute atomic E-state index is 0.00472. The van der Waals surface area contributed by atoms with Gasteiger partial charge in [0.25, 0.3) is 0 Å². The summed E-state index contributed by atoms with van der Waals surface area (Å²) in [5, 5.41) is 101. The molecule has 0 bridgehead atoms. The molecule has 0 radical (unpaired) electrons. The first-order valence-electron chi connectivity index (χ1n) is 22.7. The molecule has 5 saturated heterocycles. The van der Waals surface area contributed by atoms with Crippen molar-refractivity contribution in [2.75, 3.05) is 13.2 Å². The predicted molar refractivity (Wildman–Crippen MR) is 208 cm³/mol. The average Bonchev–Trinajstić information content (AvgIpc) is 3.66. The maximum Gasteiger partial charge on any atom is 0.204 e. The lowest BCUT2D eigenvalue weighted by atomic mass is 9.43. The van der Waals surface area contributed by atoms with Crippen molar-refractivity contribution in [2.45, 2.75) is 196 Å². The molecule has 5 heterocycles. The highest BCUT2D eigenvalue weighted by Gasteiger charge is 2.73. The van der Waals surface area contributed by atoms with Gasteiger partial charge in [0.1, 0.15) is 54.9 Å². The van der Waals surface area contributed by atoms with Gasteiger partial charge in [0.2, 0.25) is 5.79 Å². The van der Waals surface area contributed by atoms with Crippen LogP contribution >= 0.6 is 0 Å². The van der Waals surface area contributed by atoms with E-state index in [1.165, 1.54) is 6.92 Å². The number of rotatable bonds is 5. The zero-order valence-electron chi connectivity index (χ0n) is 35.7. The topological polar surface area (TPSA) is 247 Å². The fourth-order valence-electron chi connectivity index (χ4n) is 14.4. The molecule has 9 N–H and O–H groups in total. The third-order valence-electron chi connectivity index (χ3n) is 17.7. The number of ether oxygens (including phenoxy) is 7. The van der Waals surface area contributed by atoms with E-state index >= 15 is 0 Å². The minimum atomic E-state index is -2.19. The van der Waals surface area contributed by atoms with E-state index in [0.717, 1.165) is 44.1 Å². The van der Waals surface area contributed by atoms with Gasteiger partial charge in [0.15, 0.2) is 18.4 Å². The predicted octanol–water partition coefficient (Wildman–Crippen LogP) is 0.445. The molecule has 0 aromatic rings. The van der Waals surface area contributed by atoms with Crippen molar-refractivity contribution in [1.29, 1.82) is 0 Å². The Morgan fingerprint density at radius 3 is 2.15 bits per heavy atom. The monoisotopic (exact) mass is 854 g/mol. The third-order valence-corrected chi connectivity index (χ3v) is 17.7. The van der Waals surface area contributed by atoms with E-state index in [1.54, 1.807) is 6.92 Å². The van der Waals surface area contributed by atoms with Crippen LogP contribution in [0.1, 0.15) is 92.9 Å². The lowest BCUT2D eigenvalue weighted by Gasteiger charge is -2.65. The Bertz CT molecular complexity index is 1610. The molecule has 5 aliphatic heterocycles. The van der Waals surface area contributed by atoms with Crippen molar-refractivity contribution >= 4 is 0 Å². The van der Waals surface area contributed by atoms with Crippen molar-refractivity contribution < 1.29 is 79.1 Å². The van der Waals surface area contributed by atoms with E-state index in [0.29, 0.717) is 30.8 Å². The Balaban J connectivity index is 1.12. The second-order valence-electron chi connectivity index (χ2n) is 20.9. The average molecular weight is 855 g/mol. The number of allylic oxidation sites excluding steroid dienone is 1. The SMILES string of the molecule is C[C@@H]1CCC2(OC1)O[C@H]1CC3C4CC=C5CC(O)CC([C@@]6(O[C@@H]7OC[C@@H](O)[C@H](O)[C@H]7O)O[C@H](C)[C@H](O)[C@@H](O)[C@H]6O[C@@H]6O[C@@H](C)[C@H](O)[C@@H](O)[C@H]6O)[C@]5(C)C4CC[C@]3(C)[C@H]1[C@@H]2C. The molecule has 60 heavy (non-hydrogen) atoms. The highest BCUT2D eigenvalue weighted by atomic mass is 16.8. The van der Waals surface area contributed by atoms with Crippen LogP contribution in [-0.2, 0) is 33.2 Å². The highest BCUT2D eigenvalue weighted by Crippen LogP contribution is 2.72. The summed E-state index contributed by atoms with van der Waals surface area (Å²) in [5.74, 6) is -2.11. The van der Waals surface area contributed by atoms with E-state index in [4.69, 9.17) is 33.2 Å². The Morgan fingerprint density at radius 2 is 1.43 bits per heavy atom. The maximum absolute atomic E-state index is 12.2. The molecule has 1 spiro atoms. The van der Waals surface area contributed by atoms with E-state index in [9.17, 15) is 46.0 Å². The maximum atomic E-state index is 12.2. The molecular formula is C44H70O16. The highest BCUT2D eigenvalue weighted by molar-refractivity contribution is 5.30. The summed E-state index contributed by atoms with van der Waals surface area (Å²) in [6, 6.07) is 0. The summed E-state index contributed by atoms with van der Waals surface area (Å²) < 4.78 is 45.5. The molecule has 342 valence electrons. The van der Waals surface area contributed by atoms with Crippen LogP contribution in [0, 0.1) is 52.3 Å². The first-order chi connectivity index (χ1) is 28.3. The summed E-state index contributed by atoms with van der Waals surface area (Å²) in [5.41, 5.74) is 0.145. The van der Waals surface area contributed by atoms with Gasteiger partial charge in [-0.25, -0.2) is 0 Å². The molecular weight excluding hydrogens is 784 g/mol. The molecule has 0 aromatic carbocycles. The molecule has 9 rings (SSSR count). The number of aliphatic hydroxyl groups excluding tert-OH is 9. The molecule has 0 amide bonds. The van der Waals surface area contributed by atoms with E-state index < -0.39 is 115 Å². The van der Waals surface area contributed by atoms with Crippen LogP contribution < -0.4 is 0 Å². The molecule has 6 unspecified atom stereocenters. The third kappa shape index (κ3) is 6.51. The summed E-state index contributed by atoms with van der Waals surface area (Å²) in [4.78, 5) is 0. The Morgan fingerprint density at radius 1 is 0.717 bits per heavy atom. The minimum Gasteiger partial charge on any atom is -0.393 e.